The van der Waals surface area contributed by atoms with E-state index in [1.807, 2.05) is 54.6 Å². The summed E-state index contributed by atoms with van der Waals surface area (Å²) in [4.78, 5) is 24.8. The van der Waals surface area contributed by atoms with Crippen LogP contribution in [0.4, 0.5) is 17.1 Å². The van der Waals surface area contributed by atoms with Crippen LogP contribution < -0.4 is 5.32 Å². The molecule has 0 aromatic heterocycles. The van der Waals surface area contributed by atoms with Crippen molar-refractivity contribution < 1.29 is 9.59 Å². The van der Waals surface area contributed by atoms with Crippen molar-refractivity contribution in [3.63, 3.8) is 0 Å². The van der Waals surface area contributed by atoms with Gasteiger partial charge in [-0.1, -0.05) is 24.6 Å². The number of anilines is 1. The van der Waals surface area contributed by atoms with Crippen LogP contribution in [0.2, 0.25) is 0 Å². The van der Waals surface area contributed by atoms with Crippen molar-refractivity contribution in [1.29, 1.82) is 0 Å². The molecule has 4 rings (SSSR count). The molecule has 2 aliphatic rings. The van der Waals surface area contributed by atoms with Crippen LogP contribution in [-0.4, -0.2) is 11.7 Å². The van der Waals surface area contributed by atoms with Crippen LogP contribution in [0.5, 0.6) is 0 Å². The van der Waals surface area contributed by atoms with E-state index in [1.54, 1.807) is 0 Å². The van der Waals surface area contributed by atoms with Crippen LogP contribution >= 0.6 is 0 Å². The summed E-state index contributed by atoms with van der Waals surface area (Å²) in [5, 5.41) is 11.4. The van der Waals surface area contributed by atoms with Crippen LogP contribution in [-0.2, 0) is 9.59 Å². The summed E-state index contributed by atoms with van der Waals surface area (Å²) in [6.07, 6.45) is 4.41. The monoisotopic (exact) mass is 361 g/mol. The predicted octanol–water partition coefficient (Wildman–Crippen LogP) is 5.44. The van der Waals surface area contributed by atoms with Crippen molar-refractivity contribution in [3.05, 3.63) is 54.6 Å². The Balaban J connectivity index is 1.36. The van der Waals surface area contributed by atoms with E-state index in [0.717, 1.165) is 36.3 Å². The lowest BCUT2D eigenvalue weighted by atomic mass is 9.67. The first-order chi connectivity index (χ1) is 13.2. The van der Waals surface area contributed by atoms with E-state index >= 15 is 0 Å². The highest BCUT2D eigenvalue weighted by atomic mass is 16.2. The van der Waals surface area contributed by atoms with E-state index in [2.05, 4.69) is 15.5 Å². The molecule has 5 heteroatoms. The molecule has 2 bridgehead atoms. The third-order valence-corrected chi connectivity index (χ3v) is 5.59. The van der Waals surface area contributed by atoms with Crippen molar-refractivity contribution in [2.24, 2.45) is 28.0 Å². The summed E-state index contributed by atoms with van der Waals surface area (Å²) in [5.41, 5.74) is 2.28. The number of benzene rings is 2. The molecule has 0 heterocycles. The Hall–Kier alpha value is -2.82. The fraction of sp³-hybridized carbons (Fsp3) is 0.364. The highest BCUT2D eigenvalue weighted by Gasteiger charge is 2.41. The molecule has 0 spiro atoms. The number of fused-ring (bicyclic) bond motifs is 2. The molecular formula is C22H23N3O2. The summed E-state index contributed by atoms with van der Waals surface area (Å²) >= 11 is 0. The van der Waals surface area contributed by atoms with Gasteiger partial charge in [-0.25, -0.2) is 0 Å². The predicted molar refractivity (Wildman–Crippen MR) is 104 cm³/mol. The minimum atomic E-state index is -0.0598. The Kier molecular flexibility index (Phi) is 5.10. The molecule has 1 unspecified atom stereocenters. The van der Waals surface area contributed by atoms with Gasteiger partial charge >= 0.3 is 0 Å². The Morgan fingerprint density at radius 3 is 2.07 bits per heavy atom. The number of carbonyl (C=O) groups is 2. The third-order valence-electron chi connectivity index (χ3n) is 5.59. The smallest absolute Gasteiger partial charge is 0.227 e. The zero-order valence-electron chi connectivity index (χ0n) is 15.2. The Bertz CT molecular complexity index is 830. The van der Waals surface area contributed by atoms with Gasteiger partial charge in [-0.05, 0) is 62.1 Å². The maximum atomic E-state index is 12.6. The van der Waals surface area contributed by atoms with Crippen LogP contribution in [0.25, 0.3) is 0 Å². The van der Waals surface area contributed by atoms with Crippen molar-refractivity contribution in [2.75, 3.05) is 5.32 Å². The summed E-state index contributed by atoms with van der Waals surface area (Å²) in [6.45, 7) is 0. The molecule has 0 saturated heterocycles. The molecule has 5 nitrogen and oxygen atoms in total. The molecule has 1 amide bonds. The number of Topliss-reactive ketones (excluding diaryl/α,β-unsaturated/α-hetero) is 1. The lowest BCUT2D eigenvalue weighted by molar-refractivity contribution is -0.136. The molecule has 3 atom stereocenters. The minimum Gasteiger partial charge on any atom is -0.326 e. The van der Waals surface area contributed by atoms with Crippen molar-refractivity contribution in [3.8, 4) is 0 Å². The number of amides is 1. The quantitative estimate of drug-likeness (QED) is 0.737. The number of nitrogens with zero attached hydrogens (tertiary/aromatic N) is 2. The minimum absolute atomic E-state index is 0.0260. The standard InChI is InChI=1S/C22H23N3O2/c26-21-15-5-4-6-16(21)14-17(13-15)22(27)23-18-9-11-20(12-10-18)25-24-19-7-2-1-3-8-19/h1-3,7-12,15-17H,4-6,13-14H2,(H,23,27)/t15-,16+,17?. The summed E-state index contributed by atoms with van der Waals surface area (Å²) in [5.74, 6) is 0.537. The number of carbonyl (C=O) groups excluding carboxylic acids is 2. The number of azo groups is 1. The molecule has 2 fully saturated rings. The second kappa shape index (κ2) is 7.82. The van der Waals surface area contributed by atoms with Gasteiger partial charge in [-0.3, -0.25) is 9.59 Å². The second-order valence-electron chi connectivity index (χ2n) is 7.47. The molecule has 2 aliphatic carbocycles. The summed E-state index contributed by atoms with van der Waals surface area (Å²) < 4.78 is 0. The van der Waals surface area contributed by atoms with Crippen molar-refractivity contribution in [2.45, 2.75) is 32.1 Å². The van der Waals surface area contributed by atoms with E-state index in [0.29, 0.717) is 18.6 Å². The average molecular weight is 361 g/mol. The van der Waals surface area contributed by atoms with E-state index in [9.17, 15) is 9.59 Å². The number of ketones is 1. The van der Waals surface area contributed by atoms with Gasteiger partial charge in [0.15, 0.2) is 0 Å². The maximum absolute atomic E-state index is 12.6. The van der Waals surface area contributed by atoms with Gasteiger partial charge in [0, 0.05) is 23.4 Å². The number of hydrogen-bond acceptors (Lipinski definition) is 4. The van der Waals surface area contributed by atoms with E-state index in [4.69, 9.17) is 0 Å². The van der Waals surface area contributed by atoms with Crippen molar-refractivity contribution in [1.82, 2.24) is 0 Å². The van der Waals surface area contributed by atoms with Gasteiger partial charge in [0.25, 0.3) is 0 Å². The molecule has 2 aromatic rings. The number of hydrogen-bond donors (Lipinski definition) is 1. The van der Waals surface area contributed by atoms with Gasteiger partial charge in [0.05, 0.1) is 11.4 Å². The average Bonchev–Trinajstić information content (AvgIpc) is 2.68. The number of nitrogens with one attached hydrogen (secondary N) is 1. The van der Waals surface area contributed by atoms with Gasteiger partial charge in [-0.15, -0.1) is 0 Å². The van der Waals surface area contributed by atoms with Crippen LogP contribution in [0.1, 0.15) is 32.1 Å². The first-order valence-corrected chi connectivity index (χ1v) is 9.60. The Morgan fingerprint density at radius 2 is 1.44 bits per heavy atom. The highest BCUT2D eigenvalue weighted by Crippen LogP contribution is 2.40. The van der Waals surface area contributed by atoms with Crippen LogP contribution in [0.15, 0.2) is 64.8 Å². The highest BCUT2D eigenvalue weighted by molar-refractivity contribution is 5.95. The fourth-order valence-electron chi connectivity index (χ4n) is 4.16. The molecule has 27 heavy (non-hydrogen) atoms. The number of rotatable bonds is 4. The second-order valence-corrected chi connectivity index (χ2v) is 7.47. The maximum Gasteiger partial charge on any atom is 0.227 e. The molecular weight excluding hydrogens is 338 g/mol. The zero-order chi connectivity index (χ0) is 18.6. The van der Waals surface area contributed by atoms with Gasteiger partial charge in [0.2, 0.25) is 5.91 Å². The summed E-state index contributed by atoms with van der Waals surface area (Å²) in [6, 6.07) is 16.9. The SMILES string of the molecule is O=C(Nc1ccc(N=Nc2ccccc2)cc1)C1C[C@H]2CCC[C@@H](C1)C2=O. The Morgan fingerprint density at radius 1 is 0.852 bits per heavy atom. The van der Waals surface area contributed by atoms with Crippen LogP contribution in [0, 0.1) is 17.8 Å². The van der Waals surface area contributed by atoms with Crippen molar-refractivity contribution >= 4 is 28.8 Å². The third kappa shape index (κ3) is 4.13. The van der Waals surface area contributed by atoms with Gasteiger partial charge in [-0.2, -0.15) is 10.2 Å². The first-order valence-electron chi connectivity index (χ1n) is 9.60. The molecule has 2 aromatic carbocycles. The van der Waals surface area contributed by atoms with Gasteiger partial charge < -0.3 is 5.32 Å². The Labute approximate surface area is 158 Å². The van der Waals surface area contributed by atoms with Crippen LogP contribution in [0.3, 0.4) is 0 Å². The zero-order valence-corrected chi connectivity index (χ0v) is 15.2. The first kappa shape index (κ1) is 17.6. The van der Waals surface area contributed by atoms with E-state index in [1.165, 1.54) is 0 Å². The molecule has 138 valence electrons. The molecule has 0 aliphatic heterocycles. The molecule has 1 N–H and O–H groups in total. The van der Waals surface area contributed by atoms with E-state index in [-0.39, 0.29) is 23.7 Å². The topological polar surface area (TPSA) is 70.9 Å². The summed E-state index contributed by atoms with van der Waals surface area (Å²) in [7, 11) is 0. The van der Waals surface area contributed by atoms with E-state index < -0.39 is 0 Å². The molecule has 0 radical (unpaired) electrons. The lowest BCUT2D eigenvalue weighted by Crippen LogP contribution is -2.40. The largest absolute Gasteiger partial charge is 0.326 e. The lowest BCUT2D eigenvalue weighted by Gasteiger charge is -2.36. The van der Waals surface area contributed by atoms with Gasteiger partial charge in [0.1, 0.15) is 5.78 Å². The normalized spacial score (nSPS) is 24.7. The fourth-order valence-corrected chi connectivity index (χ4v) is 4.16. The molecule has 2 saturated carbocycles.